The van der Waals surface area contributed by atoms with Crippen molar-refractivity contribution in [1.29, 1.82) is 0 Å². The molecule has 0 unspecified atom stereocenters. The Kier molecular flexibility index (Phi) is 6.06. The van der Waals surface area contributed by atoms with E-state index < -0.39 is 0 Å². The Hall–Kier alpha value is -3.33. The Morgan fingerprint density at radius 3 is 2.28 bits per heavy atom. The van der Waals surface area contributed by atoms with Gasteiger partial charge in [-0.05, 0) is 53.3 Å². The van der Waals surface area contributed by atoms with Crippen LogP contribution in [0.15, 0.2) is 85.3 Å². The fraction of sp³-hybridized carbons (Fsp3) is 0.192. The predicted molar refractivity (Wildman–Crippen MR) is 118 cm³/mol. The molecular formula is C26H25N3. The minimum absolute atomic E-state index is 0.720. The lowest BCUT2D eigenvalue weighted by molar-refractivity contribution is 0.920. The summed E-state index contributed by atoms with van der Waals surface area (Å²) in [6, 6.07) is 23.6. The molecule has 2 heterocycles. The van der Waals surface area contributed by atoms with Gasteiger partial charge in [-0.2, -0.15) is 0 Å². The zero-order chi connectivity index (χ0) is 19.9. The van der Waals surface area contributed by atoms with Gasteiger partial charge in [0.05, 0.1) is 5.69 Å². The molecule has 3 heteroatoms. The lowest BCUT2D eigenvalue weighted by atomic mass is 10.00. The number of aryl methyl sites for hydroxylation is 1. The highest BCUT2D eigenvalue weighted by Gasteiger charge is 2.05. The molecule has 0 amide bonds. The molecule has 0 fully saturated rings. The average molecular weight is 380 g/mol. The van der Waals surface area contributed by atoms with Crippen LogP contribution in [-0.2, 0) is 19.3 Å². The molecule has 0 bridgehead atoms. The number of hydrogen-bond acceptors (Lipinski definition) is 3. The largest absolute Gasteiger partial charge is 0.264 e. The van der Waals surface area contributed by atoms with Crippen molar-refractivity contribution in [2.75, 3.05) is 0 Å². The first kappa shape index (κ1) is 19.0. The van der Waals surface area contributed by atoms with Crippen LogP contribution in [0.25, 0.3) is 11.3 Å². The highest BCUT2D eigenvalue weighted by atomic mass is 14.9. The van der Waals surface area contributed by atoms with Crippen molar-refractivity contribution >= 4 is 0 Å². The van der Waals surface area contributed by atoms with Gasteiger partial charge < -0.3 is 0 Å². The SMILES string of the molecule is CCCc1ccc(Cc2cccc(Cc3nccc(-c4cccnc4)n3)c2)cc1. The smallest absolute Gasteiger partial charge is 0.133 e. The van der Waals surface area contributed by atoms with E-state index in [9.17, 15) is 0 Å². The van der Waals surface area contributed by atoms with Gasteiger partial charge >= 0.3 is 0 Å². The fourth-order valence-corrected chi connectivity index (χ4v) is 3.54. The molecule has 144 valence electrons. The number of pyridine rings is 1. The molecule has 4 rings (SSSR count). The van der Waals surface area contributed by atoms with Gasteiger partial charge in [0.25, 0.3) is 0 Å². The van der Waals surface area contributed by atoms with E-state index >= 15 is 0 Å². The zero-order valence-corrected chi connectivity index (χ0v) is 16.8. The van der Waals surface area contributed by atoms with Crippen LogP contribution in [-0.4, -0.2) is 15.0 Å². The molecule has 0 atom stereocenters. The molecule has 0 aliphatic heterocycles. The summed E-state index contributed by atoms with van der Waals surface area (Å²) in [6.07, 6.45) is 9.42. The first-order valence-electron chi connectivity index (χ1n) is 10.2. The second-order valence-electron chi connectivity index (χ2n) is 7.34. The summed E-state index contributed by atoms with van der Waals surface area (Å²) in [5.74, 6) is 0.826. The molecule has 0 N–H and O–H groups in total. The molecule has 0 saturated heterocycles. The van der Waals surface area contributed by atoms with Crippen LogP contribution in [0.3, 0.4) is 0 Å². The van der Waals surface area contributed by atoms with Crippen LogP contribution in [0.5, 0.6) is 0 Å². The van der Waals surface area contributed by atoms with Crippen molar-refractivity contribution in [2.45, 2.75) is 32.6 Å². The van der Waals surface area contributed by atoms with Gasteiger partial charge in [0, 0.05) is 30.6 Å². The molecule has 2 aromatic carbocycles. The highest BCUT2D eigenvalue weighted by Crippen LogP contribution is 2.17. The first-order valence-corrected chi connectivity index (χ1v) is 10.2. The molecule has 0 aliphatic carbocycles. The molecule has 0 spiro atoms. The van der Waals surface area contributed by atoms with E-state index in [1.807, 2.05) is 30.6 Å². The van der Waals surface area contributed by atoms with E-state index in [0.717, 1.165) is 36.3 Å². The van der Waals surface area contributed by atoms with E-state index in [1.54, 1.807) is 6.20 Å². The normalized spacial score (nSPS) is 10.8. The van der Waals surface area contributed by atoms with E-state index in [1.165, 1.54) is 28.7 Å². The lowest BCUT2D eigenvalue weighted by Crippen LogP contribution is -1.99. The van der Waals surface area contributed by atoms with Crippen LogP contribution in [0, 0.1) is 0 Å². The molecule has 29 heavy (non-hydrogen) atoms. The topological polar surface area (TPSA) is 38.7 Å². The van der Waals surface area contributed by atoms with Crippen LogP contribution in [0.1, 0.15) is 41.4 Å². The van der Waals surface area contributed by atoms with Gasteiger partial charge in [-0.25, -0.2) is 9.97 Å². The van der Waals surface area contributed by atoms with Gasteiger partial charge in [-0.1, -0.05) is 61.9 Å². The van der Waals surface area contributed by atoms with Crippen molar-refractivity contribution < 1.29 is 0 Å². The molecular weight excluding hydrogens is 354 g/mol. The van der Waals surface area contributed by atoms with E-state index in [4.69, 9.17) is 4.98 Å². The van der Waals surface area contributed by atoms with Crippen molar-refractivity contribution in [1.82, 2.24) is 15.0 Å². The first-order chi connectivity index (χ1) is 14.3. The lowest BCUT2D eigenvalue weighted by Gasteiger charge is -2.07. The van der Waals surface area contributed by atoms with Crippen molar-refractivity contribution in [2.24, 2.45) is 0 Å². The van der Waals surface area contributed by atoms with E-state index in [2.05, 4.69) is 65.4 Å². The third-order valence-electron chi connectivity index (χ3n) is 4.99. The molecule has 2 aromatic heterocycles. The highest BCUT2D eigenvalue weighted by molar-refractivity contribution is 5.56. The third-order valence-corrected chi connectivity index (χ3v) is 4.99. The summed E-state index contributed by atoms with van der Waals surface area (Å²) in [5.41, 5.74) is 7.22. The quantitative estimate of drug-likeness (QED) is 0.415. The van der Waals surface area contributed by atoms with Crippen LogP contribution < -0.4 is 0 Å². The third kappa shape index (κ3) is 5.14. The Morgan fingerprint density at radius 2 is 1.52 bits per heavy atom. The number of rotatable bonds is 7. The predicted octanol–water partition coefficient (Wildman–Crippen LogP) is 5.67. The van der Waals surface area contributed by atoms with Gasteiger partial charge in [0.1, 0.15) is 5.82 Å². The van der Waals surface area contributed by atoms with Gasteiger partial charge in [-0.3, -0.25) is 4.98 Å². The van der Waals surface area contributed by atoms with Crippen molar-refractivity contribution in [3.63, 3.8) is 0 Å². The van der Waals surface area contributed by atoms with Crippen LogP contribution >= 0.6 is 0 Å². The molecule has 0 aliphatic rings. The Morgan fingerprint density at radius 1 is 0.724 bits per heavy atom. The molecule has 4 aromatic rings. The standard InChI is InChI=1S/C26H25N3/c1-2-5-20-9-11-21(12-10-20)16-22-6-3-7-23(17-22)18-26-28-15-13-25(29-26)24-8-4-14-27-19-24/h3-4,6-15,17,19H,2,5,16,18H2,1H3. The molecule has 0 saturated carbocycles. The summed E-state index contributed by atoms with van der Waals surface area (Å²) in [7, 11) is 0. The maximum Gasteiger partial charge on any atom is 0.133 e. The van der Waals surface area contributed by atoms with Gasteiger partial charge in [0.15, 0.2) is 0 Å². The van der Waals surface area contributed by atoms with Gasteiger partial charge in [0.2, 0.25) is 0 Å². The molecule has 3 nitrogen and oxygen atoms in total. The zero-order valence-electron chi connectivity index (χ0n) is 16.8. The van der Waals surface area contributed by atoms with Crippen LogP contribution in [0.2, 0.25) is 0 Å². The van der Waals surface area contributed by atoms with Crippen LogP contribution in [0.4, 0.5) is 0 Å². The number of hydrogen-bond donors (Lipinski definition) is 0. The molecule has 0 radical (unpaired) electrons. The number of aromatic nitrogens is 3. The summed E-state index contributed by atoms with van der Waals surface area (Å²) in [6.45, 7) is 2.22. The Balaban J connectivity index is 1.48. The summed E-state index contributed by atoms with van der Waals surface area (Å²) in [5, 5.41) is 0. The minimum atomic E-state index is 0.720. The average Bonchev–Trinajstić information content (AvgIpc) is 2.76. The van der Waals surface area contributed by atoms with Crippen molar-refractivity contribution in [3.8, 4) is 11.3 Å². The van der Waals surface area contributed by atoms with E-state index in [0.29, 0.717) is 0 Å². The van der Waals surface area contributed by atoms with E-state index in [-0.39, 0.29) is 0 Å². The summed E-state index contributed by atoms with van der Waals surface area (Å²) >= 11 is 0. The summed E-state index contributed by atoms with van der Waals surface area (Å²) < 4.78 is 0. The number of benzene rings is 2. The summed E-state index contributed by atoms with van der Waals surface area (Å²) in [4.78, 5) is 13.4. The second kappa shape index (κ2) is 9.24. The minimum Gasteiger partial charge on any atom is -0.264 e. The van der Waals surface area contributed by atoms with Gasteiger partial charge in [-0.15, -0.1) is 0 Å². The Bertz CT molecular complexity index is 1060. The second-order valence-corrected chi connectivity index (χ2v) is 7.34. The number of nitrogens with zero attached hydrogens (tertiary/aromatic N) is 3. The fourth-order valence-electron chi connectivity index (χ4n) is 3.54. The monoisotopic (exact) mass is 379 g/mol. The Labute approximate surface area is 172 Å². The van der Waals surface area contributed by atoms with Crippen molar-refractivity contribution in [3.05, 3.63) is 113 Å². The maximum absolute atomic E-state index is 4.73. The maximum atomic E-state index is 4.73.